The van der Waals surface area contributed by atoms with Crippen LogP contribution in [0.25, 0.3) is 0 Å². The quantitative estimate of drug-likeness (QED) is 0.828. The number of aryl methyl sites for hydroxylation is 2. The Hall–Kier alpha value is -2.25. The summed E-state index contributed by atoms with van der Waals surface area (Å²) in [4.78, 5) is 14.5. The van der Waals surface area contributed by atoms with Gasteiger partial charge in [0.15, 0.2) is 0 Å². The van der Waals surface area contributed by atoms with Gasteiger partial charge in [-0.1, -0.05) is 12.1 Å². The number of sulfonamides is 1. The molecule has 3 rings (SSSR count). The van der Waals surface area contributed by atoms with Gasteiger partial charge in [0.05, 0.1) is 4.90 Å². The number of nitrogens with zero attached hydrogens (tertiary/aromatic N) is 2. The van der Waals surface area contributed by atoms with Gasteiger partial charge >= 0.3 is 0 Å². The maximum atomic E-state index is 13.1. The van der Waals surface area contributed by atoms with Crippen LogP contribution in [0, 0.1) is 19.7 Å². The minimum Gasteiger partial charge on any atom is -0.309 e. The monoisotopic (exact) mass is 376 g/mol. The molecule has 2 aromatic carbocycles. The van der Waals surface area contributed by atoms with Gasteiger partial charge in [-0.2, -0.15) is 4.31 Å². The number of carbonyl (C=O) groups excluding carboxylic acids is 1. The predicted octanol–water partition coefficient (Wildman–Crippen LogP) is 2.87. The SMILES string of the molecule is Cc1ccc(C)c(N2CCN(S(=O)(=O)c3ccc(F)cc3)[C@@H](C)C2=O)c1. The Labute approximate surface area is 153 Å². The molecule has 7 heteroatoms. The van der Waals surface area contributed by atoms with Gasteiger partial charge in [0.1, 0.15) is 11.9 Å². The molecule has 0 N–H and O–H groups in total. The summed E-state index contributed by atoms with van der Waals surface area (Å²) in [5.41, 5.74) is 2.80. The molecule has 2 aromatic rings. The third-order valence-electron chi connectivity index (χ3n) is 4.68. The smallest absolute Gasteiger partial charge is 0.245 e. The fourth-order valence-corrected chi connectivity index (χ4v) is 4.75. The maximum Gasteiger partial charge on any atom is 0.245 e. The van der Waals surface area contributed by atoms with Crippen LogP contribution < -0.4 is 4.90 Å². The maximum absolute atomic E-state index is 13.1. The molecule has 1 aliphatic heterocycles. The Morgan fingerprint density at radius 3 is 2.35 bits per heavy atom. The summed E-state index contributed by atoms with van der Waals surface area (Å²) in [7, 11) is -3.87. The molecular weight excluding hydrogens is 355 g/mol. The predicted molar refractivity (Wildman–Crippen MR) is 98.0 cm³/mol. The van der Waals surface area contributed by atoms with Crippen molar-refractivity contribution in [3.05, 3.63) is 59.4 Å². The number of hydrogen-bond donors (Lipinski definition) is 0. The van der Waals surface area contributed by atoms with Crippen molar-refractivity contribution in [2.45, 2.75) is 31.7 Å². The lowest BCUT2D eigenvalue weighted by atomic mass is 10.1. The van der Waals surface area contributed by atoms with Crippen molar-refractivity contribution in [2.75, 3.05) is 18.0 Å². The minimum absolute atomic E-state index is 0.0151. The summed E-state index contributed by atoms with van der Waals surface area (Å²) < 4.78 is 40.0. The summed E-state index contributed by atoms with van der Waals surface area (Å²) in [6.07, 6.45) is 0. The van der Waals surface area contributed by atoms with E-state index in [0.29, 0.717) is 0 Å². The van der Waals surface area contributed by atoms with Gasteiger partial charge in [-0.25, -0.2) is 12.8 Å². The lowest BCUT2D eigenvalue weighted by Gasteiger charge is -2.38. The van der Waals surface area contributed by atoms with E-state index in [0.717, 1.165) is 28.9 Å². The summed E-state index contributed by atoms with van der Waals surface area (Å²) >= 11 is 0. The van der Waals surface area contributed by atoms with E-state index in [-0.39, 0.29) is 23.9 Å². The van der Waals surface area contributed by atoms with E-state index in [2.05, 4.69) is 0 Å². The number of amides is 1. The molecule has 138 valence electrons. The largest absolute Gasteiger partial charge is 0.309 e. The third-order valence-corrected chi connectivity index (χ3v) is 6.66. The summed E-state index contributed by atoms with van der Waals surface area (Å²) in [6, 6.07) is 9.67. The van der Waals surface area contributed by atoms with Crippen LogP contribution in [-0.4, -0.2) is 37.8 Å². The topological polar surface area (TPSA) is 57.7 Å². The Morgan fingerprint density at radius 2 is 1.69 bits per heavy atom. The van der Waals surface area contributed by atoms with Crippen LogP contribution >= 0.6 is 0 Å². The Balaban J connectivity index is 1.90. The molecule has 0 spiro atoms. The number of piperazine rings is 1. The van der Waals surface area contributed by atoms with Crippen molar-refractivity contribution in [1.82, 2.24) is 4.31 Å². The van der Waals surface area contributed by atoms with Crippen molar-refractivity contribution < 1.29 is 17.6 Å². The van der Waals surface area contributed by atoms with Gasteiger partial charge in [0.25, 0.3) is 0 Å². The van der Waals surface area contributed by atoms with Crippen molar-refractivity contribution in [3.63, 3.8) is 0 Å². The van der Waals surface area contributed by atoms with Crippen LogP contribution in [0.15, 0.2) is 47.4 Å². The molecule has 1 fully saturated rings. The highest BCUT2D eigenvalue weighted by Crippen LogP contribution is 2.28. The van der Waals surface area contributed by atoms with Gasteiger partial charge in [-0.05, 0) is 62.2 Å². The Bertz CT molecular complexity index is 942. The molecule has 26 heavy (non-hydrogen) atoms. The molecule has 1 heterocycles. The van der Waals surface area contributed by atoms with Crippen molar-refractivity contribution in [3.8, 4) is 0 Å². The lowest BCUT2D eigenvalue weighted by molar-refractivity contribution is -0.123. The van der Waals surface area contributed by atoms with E-state index in [1.165, 1.54) is 16.4 Å². The first kappa shape index (κ1) is 18.5. The average Bonchev–Trinajstić information content (AvgIpc) is 2.60. The molecule has 0 radical (unpaired) electrons. The van der Waals surface area contributed by atoms with Gasteiger partial charge in [-0.15, -0.1) is 0 Å². The normalized spacial score (nSPS) is 19.0. The molecule has 1 aliphatic rings. The second kappa shape index (κ2) is 6.81. The van der Waals surface area contributed by atoms with Crippen LogP contribution in [-0.2, 0) is 14.8 Å². The van der Waals surface area contributed by atoms with E-state index in [4.69, 9.17) is 0 Å². The van der Waals surface area contributed by atoms with Crippen LogP contribution in [0.4, 0.5) is 10.1 Å². The zero-order valence-corrected chi connectivity index (χ0v) is 15.8. The van der Waals surface area contributed by atoms with Crippen molar-refractivity contribution >= 4 is 21.6 Å². The summed E-state index contributed by atoms with van der Waals surface area (Å²) in [5.74, 6) is -0.775. The van der Waals surface area contributed by atoms with E-state index in [1.54, 1.807) is 11.8 Å². The van der Waals surface area contributed by atoms with E-state index in [9.17, 15) is 17.6 Å². The molecule has 0 aromatic heterocycles. The molecule has 1 saturated heterocycles. The van der Waals surface area contributed by atoms with Crippen LogP contribution in [0.5, 0.6) is 0 Å². The lowest BCUT2D eigenvalue weighted by Crippen LogP contribution is -2.57. The second-order valence-electron chi connectivity index (χ2n) is 6.53. The minimum atomic E-state index is -3.87. The number of benzene rings is 2. The molecule has 1 atom stereocenters. The Kier molecular flexibility index (Phi) is 4.86. The van der Waals surface area contributed by atoms with Gasteiger partial charge in [0, 0.05) is 18.8 Å². The van der Waals surface area contributed by atoms with E-state index in [1.807, 2.05) is 32.0 Å². The molecule has 0 saturated carbocycles. The van der Waals surface area contributed by atoms with Gasteiger partial charge in [-0.3, -0.25) is 4.79 Å². The number of anilines is 1. The van der Waals surface area contributed by atoms with E-state index < -0.39 is 21.9 Å². The third kappa shape index (κ3) is 3.24. The van der Waals surface area contributed by atoms with Crippen LogP contribution in [0.3, 0.4) is 0 Å². The van der Waals surface area contributed by atoms with E-state index >= 15 is 0 Å². The highest BCUT2D eigenvalue weighted by atomic mass is 32.2. The molecular formula is C19H21FN2O3S. The zero-order valence-electron chi connectivity index (χ0n) is 14.9. The summed E-state index contributed by atoms with van der Waals surface area (Å²) in [5, 5.41) is 0. The highest BCUT2D eigenvalue weighted by Gasteiger charge is 2.39. The fraction of sp³-hybridized carbons (Fsp3) is 0.316. The standard InChI is InChI=1S/C19H21FN2O3S/c1-13-4-5-14(2)18(12-13)21-10-11-22(15(3)19(21)23)26(24,25)17-8-6-16(20)7-9-17/h4-9,12,15H,10-11H2,1-3H3/t15-/m0/s1. The number of carbonyl (C=O) groups is 1. The molecule has 1 amide bonds. The molecule has 0 aliphatic carbocycles. The Morgan fingerprint density at radius 1 is 1.04 bits per heavy atom. The first-order chi connectivity index (χ1) is 12.2. The number of hydrogen-bond acceptors (Lipinski definition) is 3. The fourth-order valence-electron chi connectivity index (χ4n) is 3.17. The summed E-state index contributed by atoms with van der Waals surface area (Å²) in [6.45, 7) is 5.91. The molecule has 5 nitrogen and oxygen atoms in total. The van der Waals surface area contributed by atoms with Crippen LogP contribution in [0.1, 0.15) is 18.1 Å². The first-order valence-corrected chi connectivity index (χ1v) is 9.82. The highest BCUT2D eigenvalue weighted by molar-refractivity contribution is 7.89. The van der Waals surface area contributed by atoms with Gasteiger partial charge < -0.3 is 4.90 Å². The van der Waals surface area contributed by atoms with Crippen molar-refractivity contribution in [1.29, 1.82) is 0 Å². The molecule has 0 bridgehead atoms. The van der Waals surface area contributed by atoms with Crippen molar-refractivity contribution in [2.24, 2.45) is 0 Å². The average molecular weight is 376 g/mol. The molecule has 0 unspecified atom stereocenters. The second-order valence-corrected chi connectivity index (χ2v) is 8.42. The first-order valence-electron chi connectivity index (χ1n) is 8.38. The van der Waals surface area contributed by atoms with Gasteiger partial charge in [0.2, 0.25) is 15.9 Å². The van der Waals surface area contributed by atoms with Crippen LogP contribution in [0.2, 0.25) is 0 Å². The zero-order chi connectivity index (χ0) is 19.1. The number of halogens is 1. The number of rotatable bonds is 3.